The summed E-state index contributed by atoms with van der Waals surface area (Å²) < 4.78 is 24.9. The van der Waals surface area contributed by atoms with Crippen molar-refractivity contribution in [3.8, 4) is 11.5 Å². The third-order valence-corrected chi connectivity index (χ3v) is 6.47. The van der Waals surface area contributed by atoms with Crippen LogP contribution in [0.1, 0.15) is 41.6 Å². The number of nitrogens with zero attached hydrogens (tertiary/aromatic N) is 1. The van der Waals surface area contributed by atoms with E-state index in [-0.39, 0.29) is 11.6 Å². The average molecular weight is 433 g/mol. The van der Waals surface area contributed by atoms with Crippen LogP contribution in [0.4, 0.5) is 4.39 Å². The Morgan fingerprint density at radius 2 is 1.87 bits per heavy atom. The smallest absolute Gasteiger partial charge is 0.254 e. The summed E-state index contributed by atoms with van der Waals surface area (Å²) in [4.78, 5) is 15.1. The number of rotatable bonds is 6. The van der Waals surface area contributed by atoms with E-state index in [1.165, 1.54) is 18.2 Å². The molecule has 2 aromatic rings. The Morgan fingerprint density at radius 3 is 2.53 bits per heavy atom. The van der Waals surface area contributed by atoms with Crippen LogP contribution in [0.2, 0.25) is 5.02 Å². The molecule has 2 heterocycles. The number of nitrogens with one attached hydrogen (secondary N) is 1. The molecule has 2 saturated heterocycles. The van der Waals surface area contributed by atoms with Gasteiger partial charge in [0, 0.05) is 41.3 Å². The Hall–Kier alpha value is -2.31. The summed E-state index contributed by atoms with van der Waals surface area (Å²) in [5, 5.41) is 3.37. The predicted molar refractivity (Wildman–Crippen MR) is 114 cm³/mol. The number of halogens is 2. The van der Waals surface area contributed by atoms with Crippen molar-refractivity contribution in [3.63, 3.8) is 0 Å². The first-order chi connectivity index (χ1) is 14.5. The van der Waals surface area contributed by atoms with E-state index in [0.717, 1.165) is 49.3 Å². The zero-order chi connectivity index (χ0) is 21.3. The molecule has 2 aromatic carbocycles. The molecule has 0 aliphatic carbocycles. The van der Waals surface area contributed by atoms with Crippen LogP contribution in [-0.2, 0) is 6.54 Å². The number of methoxy groups -OCH3 is 2. The van der Waals surface area contributed by atoms with Gasteiger partial charge in [0.1, 0.15) is 17.3 Å². The normalized spacial score (nSPS) is 23.3. The van der Waals surface area contributed by atoms with Crippen LogP contribution < -0.4 is 14.8 Å². The van der Waals surface area contributed by atoms with Crippen LogP contribution in [0.3, 0.4) is 0 Å². The molecule has 5 nitrogen and oxygen atoms in total. The summed E-state index contributed by atoms with van der Waals surface area (Å²) in [5.41, 5.74) is 1.12. The Bertz CT molecular complexity index is 925. The van der Waals surface area contributed by atoms with E-state index in [2.05, 4.69) is 10.2 Å². The van der Waals surface area contributed by atoms with E-state index in [9.17, 15) is 9.18 Å². The van der Waals surface area contributed by atoms with Gasteiger partial charge in [0.2, 0.25) is 0 Å². The van der Waals surface area contributed by atoms with Crippen molar-refractivity contribution in [1.82, 2.24) is 10.2 Å². The van der Waals surface area contributed by atoms with E-state index < -0.39 is 11.7 Å². The summed E-state index contributed by atoms with van der Waals surface area (Å²) in [5.74, 6) is 0.641. The maximum absolute atomic E-state index is 14.0. The molecule has 0 aromatic heterocycles. The second kappa shape index (κ2) is 8.82. The third-order valence-electron chi connectivity index (χ3n) is 6.24. The first-order valence-corrected chi connectivity index (χ1v) is 10.6. The van der Waals surface area contributed by atoms with E-state index in [4.69, 9.17) is 21.1 Å². The number of amides is 1. The molecule has 0 spiro atoms. The Kier molecular flexibility index (Phi) is 6.16. The predicted octanol–water partition coefficient (Wildman–Crippen LogP) is 4.42. The monoisotopic (exact) mass is 432 g/mol. The minimum atomic E-state index is -0.552. The van der Waals surface area contributed by atoms with Gasteiger partial charge in [0.15, 0.2) is 0 Å². The van der Waals surface area contributed by atoms with Crippen LogP contribution in [0.25, 0.3) is 0 Å². The number of carbonyl (C=O) groups is 1. The fraction of sp³-hybridized carbons (Fsp3) is 0.435. The van der Waals surface area contributed by atoms with E-state index in [1.807, 2.05) is 18.2 Å². The molecule has 2 aliphatic heterocycles. The lowest BCUT2D eigenvalue weighted by atomic mass is 9.96. The van der Waals surface area contributed by atoms with Gasteiger partial charge in [-0.1, -0.05) is 17.7 Å². The maximum atomic E-state index is 14.0. The molecule has 4 rings (SSSR count). The second-order valence-corrected chi connectivity index (χ2v) is 8.44. The average Bonchev–Trinajstić information content (AvgIpc) is 2.97. The van der Waals surface area contributed by atoms with Crippen molar-refractivity contribution < 1.29 is 18.7 Å². The number of hydrogen-bond donors (Lipinski definition) is 1. The van der Waals surface area contributed by atoms with Gasteiger partial charge < -0.3 is 14.8 Å². The Labute approximate surface area is 181 Å². The summed E-state index contributed by atoms with van der Waals surface area (Å²) in [6, 6.07) is 10.7. The van der Waals surface area contributed by atoms with Gasteiger partial charge in [-0.3, -0.25) is 9.69 Å². The largest absolute Gasteiger partial charge is 0.497 e. The summed E-state index contributed by atoms with van der Waals surface area (Å²) in [6.07, 6.45) is 3.90. The number of benzene rings is 2. The lowest BCUT2D eigenvalue weighted by Crippen LogP contribution is -2.50. The number of fused-ring (bicyclic) bond motifs is 2. The standard InChI is InChI=1S/C23H26ClFN2O3/c1-29-19-7-3-14(22(12-19)30-2)13-27-17-5-6-18(27)11-16(10-17)26-23(28)20-9-15(24)4-8-21(20)25/h3-4,7-9,12,16-18H,5-6,10-11,13H2,1-2H3,(H,26,28). The molecule has 2 aliphatic rings. The number of piperidine rings is 1. The van der Waals surface area contributed by atoms with Crippen LogP contribution >= 0.6 is 11.6 Å². The van der Waals surface area contributed by atoms with Gasteiger partial charge in [-0.15, -0.1) is 0 Å². The summed E-state index contributed by atoms with van der Waals surface area (Å²) >= 11 is 5.93. The topological polar surface area (TPSA) is 50.8 Å². The molecule has 0 radical (unpaired) electrons. The van der Waals surface area contributed by atoms with Crippen molar-refractivity contribution in [2.24, 2.45) is 0 Å². The number of ether oxygens (including phenoxy) is 2. The molecule has 1 amide bonds. The molecule has 2 unspecified atom stereocenters. The van der Waals surface area contributed by atoms with Gasteiger partial charge >= 0.3 is 0 Å². The van der Waals surface area contributed by atoms with E-state index >= 15 is 0 Å². The maximum Gasteiger partial charge on any atom is 0.254 e. The highest BCUT2D eigenvalue weighted by Crippen LogP contribution is 2.38. The minimum Gasteiger partial charge on any atom is -0.497 e. The highest BCUT2D eigenvalue weighted by atomic mass is 35.5. The quantitative estimate of drug-likeness (QED) is 0.734. The van der Waals surface area contributed by atoms with Gasteiger partial charge in [-0.05, 0) is 49.9 Å². The number of carbonyl (C=O) groups excluding carboxylic acids is 1. The Morgan fingerprint density at radius 1 is 1.13 bits per heavy atom. The first-order valence-electron chi connectivity index (χ1n) is 10.2. The fourth-order valence-corrected chi connectivity index (χ4v) is 4.94. The van der Waals surface area contributed by atoms with Gasteiger partial charge in [-0.2, -0.15) is 0 Å². The molecule has 2 bridgehead atoms. The van der Waals surface area contributed by atoms with Crippen LogP contribution in [0.5, 0.6) is 11.5 Å². The molecule has 2 fully saturated rings. The van der Waals surface area contributed by atoms with Crippen LogP contribution in [0, 0.1) is 5.82 Å². The highest BCUT2D eigenvalue weighted by Gasteiger charge is 2.41. The first kappa shape index (κ1) is 20.9. The van der Waals surface area contributed by atoms with Gasteiger partial charge in [-0.25, -0.2) is 4.39 Å². The molecule has 0 saturated carbocycles. The zero-order valence-electron chi connectivity index (χ0n) is 17.2. The summed E-state index contributed by atoms with van der Waals surface area (Å²) in [7, 11) is 3.31. The fourth-order valence-electron chi connectivity index (χ4n) is 4.76. The van der Waals surface area contributed by atoms with Crippen molar-refractivity contribution in [2.75, 3.05) is 14.2 Å². The van der Waals surface area contributed by atoms with Crippen molar-refractivity contribution >= 4 is 17.5 Å². The third kappa shape index (κ3) is 4.25. The van der Waals surface area contributed by atoms with Gasteiger partial charge in [0.05, 0.1) is 19.8 Å². The van der Waals surface area contributed by atoms with Crippen molar-refractivity contribution in [1.29, 1.82) is 0 Å². The molecule has 7 heteroatoms. The van der Waals surface area contributed by atoms with E-state index in [1.54, 1.807) is 14.2 Å². The van der Waals surface area contributed by atoms with Crippen molar-refractivity contribution in [3.05, 3.63) is 58.4 Å². The molecular weight excluding hydrogens is 407 g/mol. The molecule has 160 valence electrons. The molecule has 30 heavy (non-hydrogen) atoms. The van der Waals surface area contributed by atoms with Crippen LogP contribution in [0.15, 0.2) is 36.4 Å². The highest BCUT2D eigenvalue weighted by molar-refractivity contribution is 6.31. The van der Waals surface area contributed by atoms with Crippen LogP contribution in [-0.4, -0.2) is 43.2 Å². The van der Waals surface area contributed by atoms with E-state index in [0.29, 0.717) is 17.1 Å². The lowest BCUT2D eigenvalue weighted by molar-refractivity contribution is 0.0822. The Balaban J connectivity index is 1.42. The molecule has 1 N–H and O–H groups in total. The second-order valence-electron chi connectivity index (χ2n) is 8.00. The van der Waals surface area contributed by atoms with Crippen molar-refractivity contribution in [2.45, 2.75) is 50.4 Å². The summed E-state index contributed by atoms with van der Waals surface area (Å²) in [6.45, 7) is 0.798. The molecule has 2 atom stereocenters. The lowest BCUT2D eigenvalue weighted by Gasteiger charge is -2.39. The SMILES string of the molecule is COc1ccc(CN2C3CCC2CC(NC(=O)c2cc(Cl)ccc2F)C3)c(OC)c1. The zero-order valence-corrected chi connectivity index (χ0v) is 17.9. The minimum absolute atomic E-state index is 0.000228. The van der Waals surface area contributed by atoms with Gasteiger partial charge in [0.25, 0.3) is 5.91 Å². The molecular formula is C23H26ClFN2O3. The number of hydrogen-bond acceptors (Lipinski definition) is 4.